The molecule has 110 valence electrons. The number of carbonyl (C=O) groups is 2. The number of carbonyl (C=O) groups excluding carboxylic acids is 2. The van der Waals surface area contributed by atoms with Crippen molar-refractivity contribution in [2.45, 2.75) is 20.4 Å². The number of rotatable bonds is 5. The molecular weight excluding hydrogens is 270 g/mol. The zero-order valence-electron chi connectivity index (χ0n) is 12.0. The summed E-state index contributed by atoms with van der Waals surface area (Å²) in [5.41, 5.74) is 2.27. The highest BCUT2D eigenvalue weighted by molar-refractivity contribution is 5.92. The van der Waals surface area contributed by atoms with Crippen LogP contribution in [0.5, 0.6) is 0 Å². The summed E-state index contributed by atoms with van der Waals surface area (Å²) in [6.07, 6.45) is 1.53. The maximum Gasteiger partial charge on any atom is 0.338 e. The van der Waals surface area contributed by atoms with Crippen LogP contribution in [0.2, 0.25) is 0 Å². The summed E-state index contributed by atoms with van der Waals surface area (Å²) in [5.74, 6) is -0.224. The number of nitrogens with one attached hydrogen (secondary N) is 1. The Labute approximate surface area is 122 Å². The number of ether oxygens (including phenoxy) is 1. The smallest absolute Gasteiger partial charge is 0.338 e. The molecule has 1 aromatic heterocycles. The molecule has 2 aromatic rings. The summed E-state index contributed by atoms with van der Waals surface area (Å²) in [5, 5.41) is 2.61. The van der Waals surface area contributed by atoms with Gasteiger partial charge in [-0.3, -0.25) is 4.79 Å². The SMILES string of the molecule is Cc1ccc(C)c(C(=O)OCC(=O)NCc2ccco2)c1. The lowest BCUT2D eigenvalue weighted by Crippen LogP contribution is -2.28. The lowest BCUT2D eigenvalue weighted by atomic mass is 10.1. The summed E-state index contributed by atoms with van der Waals surface area (Å²) in [6.45, 7) is 3.68. The highest BCUT2D eigenvalue weighted by atomic mass is 16.5. The fourth-order valence-electron chi connectivity index (χ4n) is 1.81. The Balaban J connectivity index is 1.83. The predicted molar refractivity (Wildman–Crippen MR) is 76.8 cm³/mol. The van der Waals surface area contributed by atoms with Gasteiger partial charge in [-0.05, 0) is 37.6 Å². The molecule has 5 nitrogen and oxygen atoms in total. The Kier molecular flexibility index (Phi) is 4.77. The Morgan fingerprint density at radius 3 is 2.76 bits per heavy atom. The van der Waals surface area contributed by atoms with E-state index in [2.05, 4.69) is 5.32 Å². The summed E-state index contributed by atoms with van der Waals surface area (Å²) < 4.78 is 10.1. The monoisotopic (exact) mass is 287 g/mol. The van der Waals surface area contributed by atoms with E-state index in [1.807, 2.05) is 26.0 Å². The van der Waals surface area contributed by atoms with Crippen LogP contribution >= 0.6 is 0 Å². The predicted octanol–water partition coefficient (Wildman–Crippen LogP) is 2.37. The molecule has 1 N–H and O–H groups in total. The van der Waals surface area contributed by atoms with Gasteiger partial charge in [0, 0.05) is 0 Å². The zero-order valence-corrected chi connectivity index (χ0v) is 12.0. The second-order valence-corrected chi connectivity index (χ2v) is 4.75. The van der Waals surface area contributed by atoms with Crippen molar-refractivity contribution >= 4 is 11.9 Å². The van der Waals surface area contributed by atoms with E-state index in [-0.39, 0.29) is 19.1 Å². The third-order valence-corrected chi connectivity index (χ3v) is 2.99. The molecule has 2 rings (SSSR count). The van der Waals surface area contributed by atoms with Gasteiger partial charge in [-0.25, -0.2) is 4.79 Å². The Morgan fingerprint density at radius 2 is 2.05 bits per heavy atom. The molecule has 0 unspecified atom stereocenters. The van der Waals surface area contributed by atoms with Gasteiger partial charge in [0.25, 0.3) is 5.91 Å². The highest BCUT2D eigenvalue weighted by Crippen LogP contribution is 2.11. The van der Waals surface area contributed by atoms with Crippen LogP contribution in [-0.4, -0.2) is 18.5 Å². The molecule has 1 aromatic carbocycles. The molecule has 1 amide bonds. The summed E-state index contributed by atoms with van der Waals surface area (Å²) >= 11 is 0. The summed E-state index contributed by atoms with van der Waals surface area (Å²) in [4.78, 5) is 23.5. The number of hydrogen-bond donors (Lipinski definition) is 1. The topological polar surface area (TPSA) is 68.5 Å². The Hall–Kier alpha value is -2.56. The molecule has 1 heterocycles. The van der Waals surface area contributed by atoms with Crippen molar-refractivity contribution in [1.82, 2.24) is 5.32 Å². The number of benzene rings is 1. The first kappa shape index (κ1) is 14.8. The fraction of sp³-hybridized carbons (Fsp3) is 0.250. The van der Waals surface area contributed by atoms with Gasteiger partial charge in [0.1, 0.15) is 5.76 Å². The van der Waals surface area contributed by atoms with E-state index in [4.69, 9.17) is 9.15 Å². The van der Waals surface area contributed by atoms with Crippen molar-refractivity contribution in [3.63, 3.8) is 0 Å². The third kappa shape index (κ3) is 4.21. The first-order valence-corrected chi connectivity index (χ1v) is 6.59. The molecule has 0 saturated heterocycles. The van der Waals surface area contributed by atoms with E-state index in [9.17, 15) is 9.59 Å². The Bertz CT molecular complexity index is 632. The molecule has 0 aliphatic heterocycles. The van der Waals surface area contributed by atoms with Gasteiger partial charge in [0.15, 0.2) is 6.61 Å². The first-order valence-electron chi connectivity index (χ1n) is 6.59. The van der Waals surface area contributed by atoms with Crippen molar-refractivity contribution < 1.29 is 18.7 Å². The third-order valence-electron chi connectivity index (χ3n) is 2.99. The molecule has 0 atom stereocenters. The Morgan fingerprint density at radius 1 is 1.24 bits per heavy atom. The quantitative estimate of drug-likeness (QED) is 0.857. The summed E-state index contributed by atoms with van der Waals surface area (Å²) in [7, 11) is 0. The maximum atomic E-state index is 11.9. The van der Waals surface area contributed by atoms with E-state index < -0.39 is 5.97 Å². The lowest BCUT2D eigenvalue weighted by Gasteiger charge is -2.08. The minimum absolute atomic E-state index is 0.271. The van der Waals surface area contributed by atoms with Gasteiger partial charge in [0.2, 0.25) is 0 Å². The number of amides is 1. The normalized spacial score (nSPS) is 10.2. The second kappa shape index (κ2) is 6.74. The van der Waals surface area contributed by atoms with Crippen LogP contribution in [-0.2, 0) is 16.1 Å². The van der Waals surface area contributed by atoms with Gasteiger partial charge >= 0.3 is 5.97 Å². The van der Waals surface area contributed by atoms with Gasteiger partial charge in [-0.15, -0.1) is 0 Å². The molecular formula is C16H17NO4. The van der Waals surface area contributed by atoms with E-state index in [0.29, 0.717) is 11.3 Å². The van der Waals surface area contributed by atoms with Crippen LogP contribution in [0.3, 0.4) is 0 Å². The minimum atomic E-state index is -0.496. The maximum absolute atomic E-state index is 11.9. The van der Waals surface area contributed by atoms with E-state index >= 15 is 0 Å². The molecule has 0 bridgehead atoms. The second-order valence-electron chi connectivity index (χ2n) is 4.75. The van der Waals surface area contributed by atoms with Crippen LogP contribution in [0.1, 0.15) is 27.2 Å². The van der Waals surface area contributed by atoms with Gasteiger partial charge in [-0.2, -0.15) is 0 Å². The average molecular weight is 287 g/mol. The first-order chi connectivity index (χ1) is 10.1. The molecule has 0 aliphatic rings. The standard InChI is InChI=1S/C16H17NO4/c1-11-5-6-12(2)14(8-11)16(19)21-10-15(18)17-9-13-4-3-7-20-13/h3-8H,9-10H2,1-2H3,(H,17,18). The van der Waals surface area contributed by atoms with Crippen molar-refractivity contribution in [2.75, 3.05) is 6.61 Å². The zero-order chi connectivity index (χ0) is 15.2. The number of furan rings is 1. The molecule has 5 heteroatoms. The largest absolute Gasteiger partial charge is 0.467 e. The van der Waals surface area contributed by atoms with Crippen molar-refractivity contribution in [1.29, 1.82) is 0 Å². The van der Waals surface area contributed by atoms with Crippen LogP contribution in [0.4, 0.5) is 0 Å². The van der Waals surface area contributed by atoms with Crippen molar-refractivity contribution in [3.8, 4) is 0 Å². The van der Waals surface area contributed by atoms with Gasteiger partial charge in [0.05, 0.1) is 18.4 Å². The summed E-state index contributed by atoms with van der Waals surface area (Å²) in [6, 6.07) is 9.01. The average Bonchev–Trinajstić information content (AvgIpc) is 2.98. The van der Waals surface area contributed by atoms with Crippen LogP contribution in [0, 0.1) is 13.8 Å². The van der Waals surface area contributed by atoms with Crippen molar-refractivity contribution in [3.05, 3.63) is 59.0 Å². The lowest BCUT2D eigenvalue weighted by molar-refractivity contribution is -0.124. The number of esters is 1. The minimum Gasteiger partial charge on any atom is -0.467 e. The van der Waals surface area contributed by atoms with E-state index in [1.54, 1.807) is 18.2 Å². The van der Waals surface area contributed by atoms with Gasteiger partial charge < -0.3 is 14.5 Å². The molecule has 0 radical (unpaired) electrons. The van der Waals surface area contributed by atoms with Crippen LogP contribution in [0.15, 0.2) is 41.0 Å². The number of aryl methyl sites for hydroxylation is 2. The van der Waals surface area contributed by atoms with Crippen LogP contribution in [0.25, 0.3) is 0 Å². The van der Waals surface area contributed by atoms with Crippen molar-refractivity contribution in [2.24, 2.45) is 0 Å². The van der Waals surface area contributed by atoms with Crippen LogP contribution < -0.4 is 5.32 Å². The highest BCUT2D eigenvalue weighted by Gasteiger charge is 2.13. The number of hydrogen-bond acceptors (Lipinski definition) is 4. The molecule has 0 fully saturated rings. The molecule has 0 saturated carbocycles. The van der Waals surface area contributed by atoms with Gasteiger partial charge in [-0.1, -0.05) is 17.7 Å². The van der Waals surface area contributed by atoms with E-state index in [1.165, 1.54) is 6.26 Å². The molecule has 0 aliphatic carbocycles. The van der Waals surface area contributed by atoms with E-state index in [0.717, 1.165) is 11.1 Å². The molecule has 0 spiro atoms. The fourth-order valence-corrected chi connectivity index (χ4v) is 1.81. The molecule has 21 heavy (non-hydrogen) atoms.